The second-order valence-electron chi connectivity index (χ2n) is 6.11. The molecule has 3 aromatic rings. The number of ether oxygens (including phenoxy) is 1. The van der Waals surface area contributed by atoms with Gasteiger partial charge in [-0.2, -0.15) is 0 Å². The van der Waals surface area contributed by atoms with Gasteiger partial charge in [0.1, 0.15) is 18.1 Å². The highest BCUT2D eigenvalue weighted by atomic mass is 16.5. The molecule has 1 aliphatic rings. The molecule has 0 aliphatic carbocycles. The van der Waals surface area contributed by atoms with Crippen molar-refractivity contribution in [3.8, 4) is 17.4 Å². The molecule has 0 radical (unpaired) electrons. The maximum atomic E-state index is 5.85. The van der Waals surface area contributed by atoms with Gasteiger partial charge in [0.25, 0.3) is 5.89 Å². The number of aromatic nitrogens is 1. The maximum Gasteiger partial charge on any atom is 0.264 e. The average Bonchev–Trinajstić information content (AvgIpc) is 3.31. The summed E-state index contributed by atoms with van der Waals surface area (Å²) in [5, 5.41) is 3.32. The first-order valence-electron chi connectivity index (χ1n) is 8.48. The van der Waals surface area contributed by atoms with Crippen molar-refractivity contribution in [1.82, 2.24) is 10.3 Å². The minimum atomic E-state index is 0.369. The standard InChI is InChI=1S/C19H21N3O3/c1-14-2-4-15(5-3-14)23-13-16-6-7-17(24-16)19-21-12-18(25-19)22-10-8-20-9-11-22/h2-7,12,20H,8-11,13H2,1H3. The summed E-state index contributed by atoms with van der Waals surface area (Å²) in [5.41, 5.74) is 1.21. The first kappa shape index (κ1) is 15.8. The number of aryl methyl sites for hydroxylation is 1. The van der Waals surface area contributed by atoms with Crippen LogP contribution < -0.4 is 15.0 Å². The SMILES string of the molecule is Cc1ccc(OCc2ccc(-c3ncc(N4CCNCC4)o3)o2)cc1. The van der Waals surface area contributed by atoms with Crippen LogP contribution in [-0.2, 0) is 6.61 Å². The molecule has 6 heteroatoms. The quantitative estimate of drug-likeness (QED) is 0.770. The molecule has 0 atom stereocenters. The van der Waals surface area contributed by atoms with Crippen molar-refractivity contribution < 1.29 is 13.6 Å². The van der Waals surface area contributed by atoms with E-state index in [9.17, 15) is 0 Å². The van der Waals surface area contributed by atoms with Crippen LogP contribution in [0.3, 0.4) is 0 Å². The third kappa shape index (κ3) is 3.69. The van der Waals surface area contributed by atoms with E-state index in [1.807, 2.05) is 43.3 Å². The summed E-state index contributed by atoms with van der Waals surface area (Å²) >= 11 is 0. The highest BCUT2D eigenvalue weighted by Gasteiger charge is 2.17. The fourth-order valence-corrected chi connectivity index (χ4v) is 2.77. The molecule has 25 heavy (non-hydrogen) atoms. The van der Waals surface area contributed by atoms with Gasteiger partial charge in [0.15, 0.2) is 5.76 Å². The van der Waals surface area contributed by atoms with Gasteiger partial charge in [0.05, 0.1) is 6.20 Å². The van der Waals surface area contributed by atoms with E-state index < -0.39 is 0 Å². The Hall–Kier alpha value is -2.73. The highest BCUT2D eigenvalue weighted by molar-refractivity contribution is 5.48. The number of hydrogen-bond acceptors (Lipinski definition) is 6. The lowest BCUT2D eigenvalue weighted by Gasteiger charge is -2.26. The van der Waals surface area contributed by atoms with Crippen LogP contribution in [0.25, 0.3) is 11.7 Å². The highest BCUT2D eigenvalue weighted by Crippen LogP contribution is 2.26. The largest absolute Gasteiger partial charge is 0.486 e. The van der Waals surface area contributed by atoms with Gasteiger partial charge in [0.2, 0.25) is 5.88 Å². The third-order valence-corrected chi connectivity index (χ3v) is 4.20. The smallest absolute Gasteiger partial charge is 0.264 e. The van der Waals surface area contributed by atoms with Crippen LogP contribution >= 0.6 is 0 Å². The van der Waals surface area contributed by atoms with Crippen molar-refractivity contribution in [3.05, 3.63) is 53.9 Å². The number of hydrogen-bond donors (Lipinski definition) is 1. The molecule has 0 saturated carbocycles. The summed E-state index contributed by atoms with van der Waals surface area (Å²) in [4.78, 5) is 6.52. The summed E-state index contributed by atoms with van der Waals surface area (Å²) in [6.07, 6.45) is 1.76. The van der Waals surface area contributed by atoms with Crippen LogP contribution in [0.5, 0.6) is 5.75 Å². The van der Waals surface area contributed by atoms with Crippen LogP contribution in [0.1, 0.15) is 11.3 Å². The number of nitrogens with zero attached hydrogens (tertiary/aromatic N) is 2. The van der Waals surface area contributed by atoms with Crippen molar-refractivity contribution in [2.75, 3.05) is 31.1 Å². The number of anilines is 1. The zero-order valence-corrected chi connectivity index (χ0v) is 14.2. The third-order valence-electron chi connectivity index (χ3n) is 4.20. The summed E-state index contributed by atoms with van der Waals surface area (Å²) in [6.45, 7) is 6.17. The predicted molar refractivity (Wildman–Crippen MR) is 94.8 cm³/mol. The molecule has 130 valence electrons. The number of benzene rings is 1. The molecule has 0 bridgehead atoms. The van der Waals surface area contributed by atoms with Crippen LogP contribution in [0, 0.1) is 6.92 Å². The van der Waals surface area contributed by atoms with Gasteiger partial charge in [-0.3, -0.25) is 0 Å². The lowest BCUT2D eigenvalue weighted by molar-refractivity contribution is 0.271. The lowest BCUT2D eigenvalue weighted by atomic mass is 10.2. The van der Waals surface area contributed by atoms with Crippen LogP contribution in [-0.4, -0.2) is 31.2 Å². The first-order valence-corrected chi connectivity index (χ1v) is 8.48. The minimum Gasteiger partial charge on any atom is -0.486 e. The molecule has 1 aromatic carbocycles. The van der Waals surface area contributed by atoms with Gasteiger partial charge in [-0.25, -0.2) is 4.98 Å². The van der Waals surface area contributed by atoms with Gasteiger partial charge < -0.3 is 23.8 Å². The van der Waals surface area contributed by atoms with Gasteiger partial charge >= 0.3 is 0 Å². The van der Waals surface area contributed by atoms with E-state index in [2.05, 4.69) is 15.2 Å². The van der Waals surface area contributed by atoms with Crippen molar-refractivity contribution in [3.63, 3.8) is 0 Å². The lowest BCUT2D eigenvalue weighted by Crippen LogP contribution is -2.43. The van der Waals surface area contributed by atoms with E-state index in [4.69, 9.17) is 13.6 Å². The normalized spacial score (nSPS) is 14.7. The van der Waals surface area contributed by atoms with Gasteiger partial charge in [-0.15, -0.1) is 0 Å². The van der Waals surface area contributed by atoms with Gasteiger partial charge in [0, 0.05) is 26.2 Å². The topological polar surface area (TPSA) is 63.7 Å². The van der Waals surface area contributed by atoms with Crippen molar-refractivity contribution in [2.45, 2.75) is 13.5 Å². The summed E-state index contributed by atoms with van der Waals surface area (Å²) in [6, 6.07) is 11.7. The second kappa shape index (κ2) is 7.03. The Morgan fingerprint density at radius 3 is 2.68 bits per heavy atom. The van der Waals surface area contributed by atoms with E-state index in [1.165, 1.54) is 5.56 Å². The van der Waals surface area contributed by atoms with E-state index in [1.54, 1.807) is 6.20 Å². The van der Waals surface area contributed by atoms with Crippen LogP contribution in [0.15, 0.2) is 51.4 Å². The molecule has 0 spiro atoms. The minimum absolute atomic E-state index is 0.369. The first-order chi connectivity index (χ1) is 12.3. The molecule has 1 saturated heterocycles. The molecule has 2 aromatic heterocycles. The fourth-order valence-electron chi connectivity index (χ4n) is 2.77. The Morgan fingerprint density at radius 1 is 1.08 bits per heavy atom. The Bertz CT molecular complexity index is 817. The second-order valence-corrected chi connectivity index (χ2v) is 6.11. The summed E-state index contributed by atoms with van der Waals surface area (Å²) < 4.78 is 17.4. The van der Waals surface area contributed by atoms with E-state index in [0.29, 0.717) is 18.3 Å². The summed E-state index contributed by atoms with van der Waals surface area (Å²) in [7, 11) is 0. The Morgan fingerprint density at radius 2 is 1.88 bits per heavy atom. The predicted octanol–water partition coefficient (Wildman–Crippen LogP) is 3.23. The zero-order valence-electron chi connectivity index (χ0n) is 14.2. The number of furan rings is 1. The van der Waals surface area contributed by atoms with E-state index in [-0.39, 0.29) is 0 Å². The van der Waals surface area contributed by atoms with Crippen molar-refractivity contribution in [1.29, 1.82) is 0 Å². The molecular weight excluding hydrogens is 318 g/mol. The molecule has 1 N–H and O–H groups in total. The van der Waals surface area contributed by atoms with Crippen LogP contribution in [0.4, 0.5) is 5.88 Å². The molecule has 3 heterocycles. The molecule has 0 unspecified atom stereocenters. The maximum absolute atomic E-state index is 5.85. The van der Waals surface area contributed by atoms with E-state index >= 15 is 0 Å². The van der Waals surface area contributed by atoms with Gasteiger partial charge in [-0.1, -0.05) is 17.7 Å². The number of rotatable bonds is 5. The number of nitrogens with one attached hydrogen (secondary N) is 1. The van der Waals surface area contributed by atoms with Crippen molar-refractivity contribution >= 4 is 5.88 Å². The monoisotopic (exact) mass is 339 g/mol. The fraction of sp³-hybridized carbons (Fsp3) is 0.316. The zero-order chi connectivity index (χ0) is 17.1. The molecule has 6 nitrogen and oxygen atoms in total. The molecule has 1 aliphatic heterocycles. The van der Waals surface area contributed by atoms with Crippen molar-refractivity contribution in [2.24, 2.45) is 0 Å². The Balaban J connectivity index is 1.40. The molecule has 1 fully saturated rings. The summed E-state index contributed by atoms with van der Waals surface area (Å²) in [5.74, 6) is 3.45. The Kier molecular flexibility index (Phi) is 4.43. The van der Waals surface area contributed by atoms with Gasteiger partial charge in [-0.05, 0) is 31.2 Å². The molecule has 0 amide bonds. The Labute approximate surface area is 146 Å². The molecule has 4 rings (SSSR count). The molecular formula is C19H21N3O3. The van der Waals surface area contributed by atoms with E-state index in [0.717, 1.165) is 43.6 Å². The van der Waals surface area contributed by atoms with Crippen LogP contribution in [0.2, 0.25) is 0 Å². The average molecular weight is 339 g/mol. The number of piperazine rings is 1. The number of oxazole rings is 1.